The number of hydrogen-bond acceptors (Lipinski definition) is 5. The zero-order valence-corrected chi connectivity index (χ0v) is 14.9. The summed E-state index contributed by atoms with van der Waals surface area (Å²) in [7, 11) is 1.58. The van der Waals surface area contributed by atoms with Crippen LogP contribution in [0.3, 0.4) is 0 Å². The molecule has 2 rings (SSSR count). The molecule has 0 spiro atoms. The Hall–Kier alpha value is -2.64. The Morgan fingerprint density at radius 2 is 1.96 bits per heavy atom. The highest BCUT2D eigenvalue weighted by Gasteiger charge is 2.14. The minimum atomic E-state index is -0.405. The lowest BCUT2D eigenvalue weighted by atomic mass is 10.2. The molecule has 3 N–H and O–H groups in total. The number of carbonyl (C=O) groups excluding carboxylic acids is 1. The highest BCUT2D eigenvalue weighted by atomic mass is 32.1. The van der Waals surface area contributed by atoms with E-state index in [1.165, 1.54) is 0 Å². The first-order valence-corrected chi connectivity index (χ1v) is 8.05. The van der Waals surface area contributed by atoms with E-state index in [4.69, 9.17) is 21.7 Å². The Kier molecular flexibility index (Phi) is 6.73. The average Bonchev–Trinajstić information content (AvgIpc) is 2.58. The van der Waals surface area contributed by atoms with Crippen LogP contribution < -0.4 is 15.4 Å². The summed E-state index contributed by atoms with van der Waals surface area (Å²) in [6.07, 6.45) is 0. The molecule has 6 nitrogen and oxygen atoms in total. The second kappa shape index (κ2) is 9.00. The van der Waals surface area contributed by atoms with Crippen LogP contribution in [0.2, 0.25) is 0 Å². The Bertz CT molecular complexity index is 764. The molecule has 0 saturated heterocycles. The summed E-state index contributed by atoms with van der Waals surface area (Å²) in [6.45, 7) is 2.64. The molecule has 0 aliphatic rings. The monoisotopic (exact) mass is 360 g/mol. The third kappa shape index (κ3) is 5.44. The molecule has 0 unspecified atom stereocenters. The summed E-state index contributed by atoms with van der Waals surface area (Å²) in [6, 6.07) is 11.9. The zero-order chi connectivity index (χ0) is 18.2. The molecule has 25 heavy (non-hydrogen) atoms. The van der Waals surface area contributed by atoms with Crippen molar-refractivity contribution >= 4 is 28.9 Å². The van der Waals surface area contributed by atoms with Crippen LogP contribution in [0.15, 0.2) is 42.5 Å². The number of hydrogen-bond donors (Lipinski definition) is 3. The maximum absolute atomic E-state index is 12.4. The maximum atomic E-state index is 12.4. The van der Waals surface area contributed by atoms with Gasteiger partial charge in [-0.2, -0.15) is 0 Å². The fourth-order valence-electron chi connectivity index (χ4n) is 2.09. The van der Waals surface area contributed by atoms with Crippen molar-refractivity contribution in [2.75, 3.05) is 25.6 Å². The fraction of sp³-hybridized carbons (Fsp3) is 0.222. The molecule has 132 valence electrons. The molecule has 1 amide bonds. The van der Waals surface area contributed by atoms with Gasteiger partial charge >= 0.3 is 0 Å². The third-order valence-corrected chi connectivity index (χ3v) is 3.51. The van der Waals surface area contributed by atoms with Crippen LogP contribution in [0.4, 0.5) is 5.69 Å². The first-order valence-electron chi connectivity index (χ1n) is 7.64. The summed E-state index contributed by atoms with van der Waals surface area (Å²) in [5.41, 5.74) is 1.73. The lowest BCUT2D eigenvalue weighted by Gasteiger charge is -2.13. The van der Waals surface area contributed by atoms with E-state index in [1.807, 2.05) is 6.92 Å². The van der Waals surface area contributed by atoms with E-state index in [0.29, 0.717) is 30.2 Å². The second-order valence-electron chi connectivity index (χ2n) is 5.27. The number of nitrogens with one attached hydrogen (secondary N) is 2. The molecule has 0 heterocycles. The van der Waals surface area contributed by atoms with E-state index in [0.717, 1.165) is 5.56 Å². The molecule has 0 saturated carbocycles. The van der Waals surface area contributed by atoms with Gasteiger partial charge in [0, 0.05) is 7.11 Å². The van der Waals surface area contributed by atoms with Crippen molar-refractivity contribution in [3.63, 3.8) is 0 Å². The van der Waals surface area contributed by atoms with Gasteiger partial charge in [-0.3, -0.25) is 10.1 Å². The number of phenols is 1. The van der Waals surface area contributed by atoms with Gasteiger partial charge in [0.1, 0.15) is 18.1 Å². The third-order valence-electron chi connectivity index (χ3n) is 3.30. The summed E-state index contributed by atoms with van der Waals surface area (Å²) in [4.78, 5) is 12.4. The van der Waals surface area contributed by atoms with Crippen molar-refractivity contribution in [3.05, 3.63) is 53.6 Å². The van der Waals surface area contributed by atoms with E-state index < -0.39 is 5.91 Å². The molecule has 0 bridgehead atoms. The van der Waals surface area contributed by atoms with Crippen LogP contribution in [-0.2, 0) is 4.74 Å². The highest BCUT2D eigenvalue weighted by molar-refractivity contribution is 7.80. The Morgan fingerprint density at radius 1 is 1.20 bits per heavy atom. The van der Waals surface area contributed by atoms with Crippen molar-refractivity contribution in [2.45, 2.75) is 6.92 Å². The summed E-state index contributed by atoms with van der Waals surface area (Å²) >= 11 is 5.15. The molecule has 0 aliphatic carbocycles. The number of phenolic OH excluding ortho intramolecular Hbond substituents is 1. The van der Waals surface area contributed by atoms with Crippen LogP contribution in [0, 0.1) is 6.92 Å². The Balaban J connectivity index is 2.04. The zero-order valence-electron chi connectivity index (χ0n) is 14.0. The number of methoxy groups -OCH3 is 1. The molecule has 7 heteroatoms. The fourth-order valence-corrected chi connectivity index (χ4v) is 2.29. The van der Waals surface area contributed by atoms with Gasteiger partial charge in [0.25, 0.3) is 5.91 Å². The summed E-state index contributed by atoms with van der Waals surface area (Å²) in [5, 5.41) is 15.3. The SMILES string of the molecule is COCCOc1ccccc1C(=O)NC(=S)Nc1cc(C)ccc1O. The Morgan fingerprint density at radius 3 is 2.72 bits per heavy atom. The minimum absolute atomic E-state index is 0.0468. The topological polar surface area (TPSA) is 79.8 Å². The molecule has 0 radical (unpaired) electrons. The lowest BCUT2D eigenvalue weighted by Crippen LogP contribution is -2.34. The van der Waals surface area contributed by atoms with Crippen LogP contribution >= 0.6 is 12.2 Å². The number of amides is 1. The Labute approximate surface area is 151 Å². The quantitative estimate of drug-likeness (QED) is 0.418. The highest BCUT2D eigenvalue weighted by Crippen LogP contribution is 2.24. The van der Waals surface area contributed by atoms with Gasteiger partial charge < -0.3 is 19.9 Å². The molecular weight excluding hydrogens is 340 g/mol. The molecule has 0 aliphatic heterocycles. The van der Waals surface area contributed by atoms with Gasteiger partial charge in [-0.25, -0.2) is 0 Å². The van der Waals surface area contributed by atoms with Gasteiger partial charge in [0.05, 0.1) is 17.9 Å². The number of para-hydroxylation sites is 1. The number of ether oxygens (including phenoxy) is 2. The lowest BCUT2D eigenvalue weighted by molar-refractivity contribution is 0.0970. The molecule has 0 aromatic heterocycles. The number of rotatable bonds is 6. The van der Waals surface area contributed by atoms with Crippen LogP contribution in [0.5, 0.6) is 11.5 Å². The van der Waals surface area contributed by atoms with Crippen LogP contribution in [0.1, 0.15) is 15.9 Å². The van der Waals surface area contributed by atoms with Crippen molar-refractivity contribution in [1.29, 1.82) is 0 Å². The van der Waals surface area contributed by atoms with Gasteiger partial charge in [0.2, 0.25) is 0 Å². The van der Waals surface area contributed by atoms with Crippen molar-refractivity contribution < 1.29 is 19.4 Å². The van der Waals surface area contributed by atoms with E-state index in [9.17, 15) is 9.90 Å². The van der Waals surface area contributed by atoms with Crippen LogP contribution in [0.25, 0.3) is 0 Å². The molecule has 2 aromatic rings. The van der Waals surface area contributed by atoms with E-state index >= 15 is 0 Å². The first kappa shape index (κ1) is 18.7. The first-order chi connectivity index (χ1) is 12.0. The number of thiocarbonyl (C=S) groups is 1. The van der Waals surface area contributed by atoms with E-state index in [2.05, 4.69) is 10.6 Å². The van der Waals surface area contributed by atoms with Gasteiger partial charge in [-0.15, -0.1) is 0 Å². The summed E-state index contributed by atoms with van der Waals surface area (Å²) < 4.78 is 10.5. The molecule has 2 aromatic carbocycles. The number of carbonyl (C=O) groups is 1. The number of benzene rings is 2. The second-order valence-corrected chi connectivity index (χ2v) is 5.67. The number of aromatic hydroxyl groups is 1. The van der Waals surface area contributed by atoms with Crippen LogP contribution in [-0.4, -0.2) is 36.4 Å². The van der Waals surface area contributed by atoms with E-state index in [1.54, 1.807) is 49.6 Å². The van der Waals surface area contributed by atoms with E-state index in [-0.39, 0.29) is 10.9 Å². The standard InChI is InChI=1S/C18H20N2O4S/c1-12-7-8-15(21)14(11-12)19-18(25)20-17(22)13-5-3-4-6-16(13)24-10-9-23-2/h3-8,11,21H,9-10H2,1-2H3,(H2,19,20,22,25). The minimum Gasteiger partial charge on any atom is -0.506 e. The smallest absolute Gasteiger partial charge is 0.261 e. The molecular formula is C18H20N2O4S. The van der Waals surface area contributed by atoms with Crippen molar-refractivity contribution in [1.82, 2.24) is 5.32 Å². The summed E-state index contributed by atoms with van der Waals surface area (Å²) in [5.74, 6) is 0.0846. The predicted octanol–water partition coefficient (Wildman–Crippen LogP) is 2.85. The van der Waals surface area contributed by atoms with Gasteiger partial charge in [0.15, 0.2) is 5.11 Å². The van der Waals surface area contributed by atoms with Gasteiger partial charge in [-0.1, -0.05) is 18.2 Å². The average molecular weight is 360 g/mol. The van der Waals surface area contributed by atoms with Gasteiger partial charge in [-0.05, 0) is 49.0 Å². The normalized spacial score (nSPS) is 10.2. The number of aryl methyl sites for hydroxylation is 1. The maximum Gasteiger partial charge on any atom is 0.261 e. The van der Waals surface area contributed by atoms with Crippen molar-refractivity contribution in [3.8, 4) is 11.5 Å². The predicted molar refractivity (Wildman–Crippen MR) is 100 cm³/mol. The molecule has 0 atom stereocenters. The van der Waals surface area contributed by atoms with Crippen molar-refractivity contribution in [2.24, 2.45) is 0 Å². The number of anilines is 1. The largest absolute Gasteiger partial charge is 0.506 e. The molecule has 0 fully saturated rings.